The summed E-state index contributed by atoms with van der Waals surface area (Å²) >= 11 is 5.62. The van der Waals surface area contributed by atoms with E-state index in [9.17, 15) is 22.8 Å². The van der Waals surface area contributed by atoms with Crippen LogP contribution in [0.15, 0.2) is 18.2 Å². The summed E-state index contributed by atoms with van der Waals surface area (Å²) in [6, 6.07) is 1.50. The van der Waals surface area contributed by atoms with E-state index >= 15 is 0 Å². The number of alkyl halides is 3. The summed E-state index contributed by atoms with van der Waals surface area (Å²) in [4.78, 5) is 24.3. The van der Waals surface area contributed by atoms with Crippen LogP contribution in [0.5, 0.6) is 0 Å². The highest BCUT2D eigenvalue weighted by atomic mass is 35.5. The molecule has 0 bridgehead atoms. The van der Waals surface area contributed by atoms with Gasteiger partial charge >= 0.3 is 12.1 Å². The fourth-order valence-electron chi connectivity index (χ4n) is 2.31. The summed E-state index contributed by atoms with van der Waals surface area (Å²) in [6.07, 6.45) is -3.85. The topological polar surface area (TPSA) is 57.6 Å². The van der Waals surface area contributed by atoms with E-state index in [4.69, 9.17) is 16.7 Å². The van der Waals surface area contributed by atoms with E-state index in [2.05, 4.69) is 0 Å². The maximum atomic E-state index is 12.7. The summed E-state index contributed by atoms with van der Waals surface area (Å²) in [5.74, 6) is -1.92. The molecule has 1 amide bonds. The SMILES string of the molecule is O=C(O)C1CCCN1C(=O)c1cc(Cl)cc(C(F)(F)F)c1. The van der Waals surface area contributed by atoms with Crippen molar-refractivity contribution in [1.82, 2.24) is 4.90 Å². The maximum absolute atomic E-state index is 12.7. The van der Waals surface area contributed by atoms with E-state index in [1.165, 1.54) is 0 Å². The van der Waals surface area contributed by atoms with E-state index in [0.29, 0.717) is 12.5 Å². The first-order valence-corrected chi connectivity index (χ1v) is 6.49. The molecule has 2 rings (SSSR count). The van der Waals surface area contributed by atoms with Gasteiger partial charge in [0.05, 0.1) is 5.56 Å². The lowest BCUT2D eigenvalue weighted by atomic mass is 10.1. The lowest BCUT2D eigenvalue weighted by Crippen LogP contribution is -2.40. The van der Waals surface area contributed by atoms with Crippen LogP contribution in [0.4, 0.5) is 13.2 Å². The number of rotatable bonds is 2. The molecule has 0 aliphatic carbocycles. The largest absolute Gasteiger partial charge is 0.480 e. The number of amides is 1. The molecule has 1 N–H and O–H groups in total. The molecule has 8 heteroatoms. The molecule has 4 nitrogen and oxygen atoms in total. The number of carboxylic acid groups (broad SMARTS) is 1. The van der Waals surface area contributed by atoms with Crippen LogP contribution < -0.4 is 0 Å². The summed E-state index contributed by atoms with van der Waals surface area (Å²) in [7, 11) is 0. The number of carboxylic acids is 1. The van der Waals surface area contributed by atoms with Gasteiger partial charge in [0, 0.05) is 17.1 Å². The number of carbonyl (C=O) groups is 2. The Bertz CT molecular complexity index is 589. The minimum atomic E-state index is -4.63. The zero-order valence-electron chi connectivity index (χ0n) is 10.7. The quantitative estimate of drug-likeness (QED) is 0.911. The number of nitrogens with zero attached hydrogens (tertiary/aromatic N) is 1. The molecule has 0 radical (unpaired) electrons. The first-order chi connectivity index (χ1) is 9.70. The van der Waals surface area contributed by atoms with Gasteiger partial charge < -0.3 is 10.0 Å². The average Bonchev–Trinajstić information content (AvgIpc) is 2.85. The monoisotopic (exact) mass is 321 g/mol. The highest BCUT2D eigenvalue weighted by Crippen LogP contribution is 2.32. The van der Waals surface area contributed by atoms with Gasteiger partial charge in [-0.05, 0) is 31.0 Å². The van der Waals surface area contributed by atoms with Crippen LogP contribution in [0.1, 0.15) is 28.8 Å². The van der Waals surface area contributed by atoms with Gasteiger partial charge in [0.2, 0.25) is 0 Å². The lowest BCUT2D eigenvalue weighted by molar-refractivity contribution is -0.141. The Hall–Kier alpha value is -1.76. The minimum Gasteiger partial charge on any atom is -0.480 e. The predicted molar refractivity (Wildman–Crippen MR) is 68.1 cm³/mol. The number of hydrogen-bond donors (Lipinski definition) is 1. The second-order valence-corrected chi connectivity index (χ2v) is 5.16. The Morgan fingerprint density at radius 3 is 2.52 bits per heavy atom. The molecule has 1 aromatic carbocycles. The van der Waals surface area contributed by atoms with Gasteiger partial charge in [0.15, 0.2) is 0 Å². The summed E-state index contributed by atoms with van der Waals surface area (Å²) in [5.41, 5.74) is -1.30. The molecule has 114 valence electrons. The molecule has 1 aliphatic heterocycles. The molecule has 1 aromatic rings. The zero-order valence-corrected chi connectivity index (χ0v) is 11.4. The van der Waals surface area contributed by atoms with Crippen LogP contribution in [0.2, 0.25) is 5.02 Å². The molecule has 1 fully saturated rings. The molecule has 1 aliphatic rings. The number of carbonyl (C=O) groups excluding carboxylic acids is 1. The van der Waals surface area contributed by atoms with Crippen LogP contribution in [-0.4, -0.2) is 34.5 Å². The third-order valence-electron chi connectivity index (χ3n) is 3.27. The van der Waals surface area contributed by atoms with Crippen LogP contribution in [0.3, 0.4) is 0 Å². The number of hydrogen-bond acceptors (Lipinski definition) is 2. The molecule has 0 spiro atoms. The maximum Gasteiger partial charge on any atom is 0.416 e. The highest BCUT2D eigenvalue weighted by molar-refractivity contribution is 6.31. The standard InChI is InChI=1S/C13H11ClF3NO3/c14-9-5-7(4-8(6-9)13(15,16)17)11(19)18-3-1-2-10(18)12(20)21/h4-6,10H,1-3H2,(H,20,21). The lowest BCUT2D eigenvalue weighted by Gasteiger charge is -2.22. The van der Waals surface area contributed by atoms with Crippen molar-refractivity contribution >= 4 is 23.5 Å². The highest BCUT2D eigenvalue weighted by Gasteiger charge is 2.36. The van der Waals surface area contributed by atoms with Crippen molar-refractivity contribution < 1.29 is 27.9 Å². The van der Waals surface area contributed by atoms with Crippen molar-refractivity contribution in [3.63, 3.8) is 0 Å². The molecule has 1 unspecified atom stereocenters. The predicted octanol–water partition coefficient (Wildman–Crippen LogP) is 3.05. The third-order valence-corrected chi connectivity index (χ3v) is 3.49. The zero-order chi connectivity index (χ0) is 15.8. The molecule has 1 atom stereocenters. The Balaban J connectivity index is 2.35. The van der Waals surface area contributed by atoms with Gasteiger partial charge in [0.1, 0.15) is 6.04 Å². The van der Waals surface area contributed by atoms with Gasteiger partial charge in [-0.2, -0.15) is 13.2 Å². The van der Waals surface area contributed by atoms with Crippen LogP contribution in [0, 0.1) is 0 Å². The Morgan fingerprint density at radius 2 is 1.95 bits per heavy atom. The Labute approximate surface area is 123 Å². The fourth-order valence-corrected chi connectivity index (χ4v) is 2.54. The van der Waals surface area contributed by atoms with Gasteiger partial charge in [0.25, 0.3) is 5.91 Å². The molecule has 1 heterocycles. The van der Waals surface area contributed by atoms with Gasteiger partial charge in [-0.15, -0.1) is 0 Å². The van der Waals surface area contributed by atoms with E-state index in [1.54, 1.807) is 0 Å². The van der Waals surface area contributed by atoms with E-state index in [-0.39, 0.29) is 23.6 Å². The molecule has 0 saturated carbocycles. The van der Waals surface area contributed by atoms with Crippen molar-refractivity contribution in [2.45, 2.75) is 25.1 Å². The van der Waals surface area contributed by atoms with E-state index in [1.807, 2.05) is 0 Å². The summed E-state index contributed by atoms with van der Waals surface area (Å²) < 4.78 is 38.1. The molecule has 0 aromatic heterocycles. The van der Waals surface area contributed by atoms with E-state index in [0.717, 1.165) is 17.0 Å². The van der Waals surface area contributed by atoms with Gasteiger partial charge in [-0.3, -0.25) is 4.79 Å². The summed E-state index contributed by atoms with van der Waals surface area (Å²) in [5, 5.41) is 8.80. The second-order valence-electron chi connectivity index (χ2n) is 4.72. The Morgan fingerprint density at radius 1 is 1.29 bits per heavy atom. The van der Waals surface area contributed by atoms with Gasteiger partial charge in [-0.1, -0.05) is 11.6 Å². The number of likely N-dealkylation sites (tertiary alicyclic amines) is 1. The molecule has 1 saturated heterocycles. The molecule has 21 heavy (non-hydrogen) atoms. The first kappa shape index (κ1) is 15.6. The first-order valence-electron chi connectivity index (χ1n) is 6.11. The van der Waals surface area contributed by atoms with Gasteiger partial charge in [-0.25, -0.2) is 4.79 Å². The van der Waals surface area contributed by atoms with Crippen molar-refractivity contribution in [2.24, 2.45) is 0 Å². The summed E-state index contributed by atoms with van der Waals surface area (Å²) in [6.45, 7) is 0.198. The number of aliphatic carboxylic acids is 1. The van der Waals surface area contributed by atoms with Crippen molar-refractivity contribution in [3.8, 4) is 0 Å². The average molecular weight is 322 g/mol. The van der Waals surface area contributed by atoms with Crippen LogP contribution in [0.25, 0.3) is 0 Å². The number of halogens is 4. The normalized spacial score (nSPS) is 18.9. The van der Waals surface area contributed by atoms with Crippen molar-refractivity contribution in [1.29, 1.82) is 0 Å². The van der Waals surface area contributed by atoms with Crippen molar-refractivity contribution in [3.05, 3.63) is 34.3 Å². The molecular weight excluding hydrogens is 311 g/mol. The van der Waals surface area contributed by atoms with Crippen LogP contribution >= 0.6 is 11.6 Å². The van der Waals surface area contributed by atoms with Crippen molar-refractivity contribution in [2.75, 3.05) is 6.54 Å². The minimum absolute atomic E-state index is 0.198. The van der Waals surface area contributed by atoms with E-state index < -0.39 is 29.7 Å². The Kier molecular flexibility index (Phi) is 4.13. The third kappa shape index (κ3) is 3.29. The fraction of sp³-hybridized carbons (Fsp3) is 0.385. The molecular formula is C13H11ClF3NO3. The number of benzene rings is 1. The second kappa shape index (κ2) is 5.55. The van der Waals surface area contributed by atoms with Crippen LogP contribution in [-0.2, 0) is 11.0 Å². The smallest absolute Gasteiger partial charge is 0.416 e.